The second-order valence-electron chi connectivity index (χ2n) is 3.32. The number of aryl methyl sites for hydroxylation is 1. The van der Waals surface area contributed by atoms with Gasteiger partial charge in [0.2, 0.25) is 0 Å². The third-order valence-corrected chi connectivity index (χ3v) is 4.03. The Balaban J connectivity index is 2.18. The van der Waals surface area contributed by atoms with Crippen molar-refractivity contribution in [1.29, 1.82) is 0 Å². The molecule has 3 aromatic heterocycles. The highest BCUT2D eigenvalue weighted by molar-refractivity contribution is 7.17. The quantitative estimate of drug-likeness (QED) is 0.639. The smallest absolute Gasteiger partial charge is 0.125 e. The summed E-state index contributed by atoms with van der Waals surface area (Å²) in [6, 6.07) is 4.20. The Morgan fingerprint density at radius 3 is 3.00 bits per heavy atom. The summed E-state index contributed by atoms with van der Waals surface area (Å²) in [6.45, 7) is 2.01. The number of thiazole rings is 1. The van der Waals surface area contributed by atoms with E-state index in [1.807, 2.05) is 19.2 Å². The molecule has 0 aliphatic rings. The van der Waals surface area contributed by atoms with E-state index in [0.717, 1.165) is 21.8 Å². The summed E-state index contributed by atoms with van der Waals surface area (Å²) in [4.78, 5) is 8.86. The molecule has 0 radical (unpaired) electrons. The van der Waals surface area contributed by atoms with Crippen LogP contribution in [0.1, 0.15) is 5.69 Å². The highest BCUT2D eigenvalue weighted by atomic mass is 32.1. The Morgan fingerprint density at radius 2 is 2.20 bits per heavy atom. The molecule has 0 amide bonds. The van der Waals surface area contributed by atoms with Gasteiger partial charge in [-0.3, -0.25) is 4.98 Å². The molecule has 3 rings (SSSR count). The lowest BCUT2D eigenvalue weighted by molar-refractivity contribution is 1.26. The molecule has 0 fully saturated rings. The largest absolute Gasteiger partial charge is 0.255 e. The molecule has 0 aliphatic carbocycles. The molecule has 2 nitrogen and oxygen atoms in total. The van der Waals surface area contributed by atoms with E-state index in [-0.39, 0.29) is 0 Å². The first-order chi connectivity index (χ1) is 7.33. The van der Waals surface area contributed by atoms with Crippen molar-refractivity contribution >= 4 is 32.9 Å². The van der Waals surface area contributed by atoms with Crippen molar-refractivity contribution in [1.82, 2.24) is 9.97 Å². The summed E-state index contributed by atoms with van der Waals surface area (Å²) in [5.74, 6) is 0. The summed E-state index contributed by atoms with van der Waals surface area (Å²) >= 11 is 3.38. The Bertz CT molecular complexity index is 610. The third-order valence-electron chi connectivity index (χ3n) is 2.17. The second-order valence-corrected chi connectivity index (χ2v) is 5.13. The molecule has 3 heterocycles. The van der Waals surface area contributed by atoms with Gasteiger partial charge in [0, 0.05) is 22.8 Å². The molecule has 0 saturated carbocycles. The molecule has 3 aromatic rings. The predicted molar refractivity (Wildman–Crippen MR) is 65.5 cm³/mol. The first-order valence-corrected chi connectivity index (χ1v) is 6.34. The lowest BCUT2D eigenvalue weighted by Crippen LogP contribution is -1.79. The number of aromatic nitrogens is 2. The van der Waals surface area contributed by atoms with Crippen LogP contribution < -0.4 is 0 Å². The van der Waals surface area contributed by atoms with E-state index >= 15 is 0 Å². The van der Waals surface area contributed by atoms with Crippen LogP contribution in [0.5, 0.6) is 0 Å². The Hall–Kier alpha value is -1.26. The zero-order valence-corrected chi connectivity index (χ0v) is 9.73. The van der Waals surface area contributed by atoms with Crippen molar-refractivity contribution in [2.75, 3.05) is 0 Å². The minimum atomic E-state index is 1.05. The molecular formula is C11H8N2S2. The van der Waals surface area contributed by atoms with Gasteiger partial charge in [-0.1, -0.05) is 0 Å². The standard InChI is InChI=1S/C11H8N2S2/c1-7-6-15-11(13-7)8-4-10-9(12-5-8)2-3-14-10/h2-6H,1H3. The number of hydrogen-bond donors (Lipinski definition) is 0. The normalized spacial score (nSPS) is 11.0. The highest BCUT2D eigenvalue weighted by Gasteiger charge is 2.04. The van der Waals surface area contributed by atoms with E-state index in [1.165, 1.54) is 4.70 Å². The Morgan fingerprint density at radius 1 is 1.27 bits per heavy atom. The van der Waals surface area contributed by atoms with Crippen LogP contribution >= 0.6 is 22.7 Å². The highest BCUT2D eigenvalue weighted by Crippen LogP contribution is 2.27. The van der Waals surface area contributed by atoms with Crippen molar-refractivity contribution < 1.29 is 0 Å². The zero-order valence-electron chi connectivity index (χ0n) is 8.10. The Kier molecular flexibility index (Phi) is 2.04. The van der Waals surface area contributed by atoms with Crippen LogP contribution in [-0.4, -0.2) is 9.97 Å². The lowest BCUT2D eigenvalue weighted by atomic mass is 10.3. The van der Waals surface area contributed by atoms with Crippen LogP contribution in [0.15, 0.2) is 29.1 Å². The van der Waals surface area contributed by atoms with Gasteiger partial charge in [0.25, 0.3) is 0 Å². The molecule has 0 unspecified atom stereocenters. The van der Waals surface area contributed by atoms with E-state index in [4.69, 9.17) is 0 Å². The van der Waals surface area contributed by atoms with Crippen molar-refractivity contribution in [3.05, 3.63) is 34.8 Å². The summed E-state index contributed by atoms with van der Waals surface area (Å²) in [6.07, 6.45) is 1.90. The summed E-state index contributed by atoms with van der Waals surface area (Å²) in [5, 5.41) is 5.18. The molecule has 0 saturated heterocycles. The van der Waals surface area contributed by atoms with Crippen LogP contribution in [-0.2, 0) is 0 Å². The van der Waals surface area contributed by atoms with Crippen LogP contribution in [0.4, 0.5) is 0 Å². The number of nitrogens with zero attached hydrogens (tertiary/aromatic N) is 2. The number of fused-ring (bicyclic) bond motifs is 1. The molecule has 0 aromatic carbocycles. The fourth-order valence-corrected chi connectivity index (χ4v) is 3.01. The third kappa shape index (κ3) is 1.56. The first-order valence-electron chi connectivity index (χ1n) is 4.59. The van der Waals surface area contributed by atoms with Gasteiger partial charge in [-0.25, -0.2) is 4.98 Å². The van der Waals surface area contributed by atoms with Crippen molar-refractivity contribution in [3.8, 4) is 10.6 Å². The summed E-state index contributed by atoms with van der Waals surface area (Å²) in [7, 11) is 0. The van der Waals surface area contributed by atoms with Crippen molar-refractivity contribution in [2.45, 2.75) is 6.92 Å². The van der Waals surface area contributed by atoms with Crippen molar-refractivity contribution in [3.63, 3.8) is 0 Å². The molecule has 15 heavy (non-hydrogen) atoms. The van der Waals surface area contributed by atoms with Gasteiger partial charge in [0.1, 0.15) is 5.01 Å². The van der Waals surface area contributed by atoms with E-state index in [0.29, 0.717) is 0 Å². The van der Waals surface area contributed by atoms with E-state index in [2.05, 4.69) is 26.8 Å². The number of hydrogen-bond acceptors (Lipinski definition) is 4. The minimum absolute atomic E-state index is 1.05. The number of rotatable bonds is 1. The van der Waals surface area contributed by atoms with Crippen LogP contribution in [0.3, 0.4) is 0 Å². The van der Waals surface area contributed by atoms with E-state index in [1.54, 1.807) is 22.7 Å². The van der Waals surface area contributed by atoms with E-state index < -0.39 is 0 Å². The zero-order chi connectivity index (χ0) is 10.3. The van der Waals surface area contributed by atoms with Gasteiger partial charge >= 0.3 is 0 Å². The van der Waals surface area contributed by atoms with Gasteiger partial charge in [0.15, 0.2) is 0 Å². The van der Waals surface area contributed by atoms with Crippen molar-refractivity contribution in [2.24, 2.45) is 0 Å². The second kappa shape index (κ2) is 3.40. The van der Waals surface area contributed by atoms with Gasteiger partial charge in [-0.15, -0.1) is 22.7 Å². The number of pyridine rings is 1. The number of thiophene rings is 1. The lowest BCUT2D eigenvalue weighted by Gasteiger charge is -1.95. The molecule has 0 spiro atoms. The molecule has 0 bridgehead atoms. The maximum absolute atomic E-state index is 4.46. The van der Waals surface area contributed by atoms with Gasteiger partial charge in [-0.2, -0.15) is 0 Å². The predicted octanol–water partition coefficient (Wildman–Crippen LogP) is 3.73. The fourth-order valence-electron chi connectivity index (χ4n) is 1.45. The topological polar surface area (TPSA) is 25.8 Å². The summed E-state index contributed by atoms with van der Waals surface area (Å²) < 4.78 is 1.22. The monoisotopic (exact) mass is 232 g/mol. The van der Waals surface area contributed by atoms with Gasteiger partial charge in [0.05, 0.1) is 10.2 Å². The molecule has 0 N–H and O–H groups in total. The molecule has 4 heteroatoms. The molecule has 0 aliphatic heterocycles. The van der Waals surface area contributed by atoms with Crippen LogP contribution in [0.25, 0.3) is 20.8 Å². The minimum Gasteiger partial charge on any atom is -0.255 e. The average Bonchev–Trinajstić information content (AvgIpc) is 2.84. The van der Waals surface area contributed by atoms with E-state index in [9.17, 15) is 0 Å². The maximum Gasteiger partial charge on any atom is 0.125 e. The molecule has 74 valence electrons. The molecular weight excluding hydrogens is 224 g/mol. The first kappa shape index (κ1) is 9.00. The van der Waals surface area contributed by atoms with Gasteiger partial charge < -0.3 is 0 Å². The van der Waals surface area contributed by atoms with Gasteiger partial charge in [-0.05, 0) is 24.4 Å². The van der Waals surface area contributed by atoms with Crippen LogP contribution in [0.2, 0.25) is 0 Å². The summed E-state index contributed by atoms with van der Waals surface area (Å²) in [5.41, 5.74) is 3.25. The Labute approximate surface area is 95.3 Å². The fraction of sp³-hybridized carbons (Fsp3) is 0.0909. The van der Waals surface area contributed by atoms with Crippen LogP contribution in [0, 0.1) is 6.92 Å². The SMILES string of the molecule is Cc1csc(-c2cnc3ccsc3c2)n1. The molecule has 0 atom stereocenters. The maximum atomic E-state index is 4.46. The average molecular weight is 232 g/mol.